The van der Waals surface area contributed by atoms with Gasteiger partial charge in [-0.05, 0) is 90.0 Å². The van der Waals surface area contributed by atoms with Gasteiger partial charge in [-0.25, -0.2) is 15.0 Å². The van der Waals surface area contributed by atoms with Crippen LogP contribution >= 0.6 is 0 Å². The first-order valence-corrected chi connectivity index (χ1v) is 20.7. The molecule has 10 aromatic rings. The molecule has 1 heterocycles. The number of rotatable bonds is 5. The lowest BCUT2D eigenvalue weighted by Crippen LogP contribution is -2.34. The van der Waals surface area contributed by atoms with E-state index < -0.39 is 5.41 Å². The molecule has 1 unspecified atom stereocenters. The van der Waals surface area contributed by atoms with Crippen molar-refractivity contribution in [2.24, 2.45) is 0 Å². The number of hydrogen-bond donors (Lipinski definition) is 0. The predicted octanol–water partition coefficient (Wildman–Crippen LogP) is 13.6. The number of aromatic nitrogens is 3. The Morgan fingerprint density at radius 3 is 1.55 bits per heavy atom. The second-order valence-corrected chi connectivity index (χ2v) is 15.8. The molecule has 0 saturated carbocycles. The number of nitrogens with zero attached hydrogens (tertiary/aromatic N) is 3. The van der Waals surface area contributed by atoms with Gasteiger partial charge >= 0.3 is 0 Å². The second-order valence-electron chi connectivity index (χ2n) is 15.8. The molecule has 0 radical (unpaired) electrons. The third-order valence-electron chi connectivity index (χ3n) is 12.7. The molecular weight excluding hydrogens is 727 g/mol. The van der Waals surface area contributed by atoms with Gasteiger partial charge in [0.25, 0.3) is 0 Å². The zero-order valence-corrected chi connectivity index (χ0v) is 32.8. The first-order valence-electron chi connectivity index (χ1n) is 20.7. The van der Waals surface area contributed by atoms with Gasteiger partial charge in [-0.15, -0.1) is 0 Å². The highest BCUT2D eigenvalue weighted by atomic mass is 15.0. The maximum atomic E-state index is 5.34. The Morgan fingerprint density at radius 2 is 0.817 bits per heavy atom. The Morgan fingerprint density at radius 1 is 0.317 bits per heavy atom. The molecule has 60 heavy (non-hydrogen) atoms. The fourth-order valence-corrected chi connectivity index (χ4v) is 10.1. The molecule has 0 amide bonds. The second kappa shape index (κ2) is 13.7. The van der Waals surface area contributed by atoms with Gasteiger partial charge in [0.05, 0.1) is 5.41 Å². The van der Waals surface area contributed by atoms with Gasteiger partial charge < -0.3 is 0 Å². The van der Waals surface area contributed by atoms with E-state index in [2.05, 4.69) is 188 Å². The maximum absolute atomic E-state index is 5.34. The van der Waals surface area contributed by atoms with Gasteiger partial charge in [0, 0.05) is 16.7 Å². The maximum Gasteiger partial charge on any atom is 0.164 e. The Bertz CT molecular complexity index is 3270. The van der Waals surface area contributed by atoms with Crippen molar-refractivity contribution in [2.75, 3.05) is 0 Å². The summed E-state index contributed by atoms with van der Waals surface area (Å²) in [5, 5.41) is 2.52. The number of benzene rings is 9. The van der Waals surface area contributed by atoms with Crippen LogP contribution < -0.4 is 0 Å². The summed E-state index contributed by atoms with van der Waals surface area (Å²) in [5.41, 5.74) is 17.5. The largest absolute Gasteiger partial charge is 0.208 e. The molecule has 1 aromatic heterocycles. The van der Waals surface area contributed by atoms with Gasteiger partial charge in [0.15, 0.2) is 17.5 Å². The lowest BCUT2D eigenvalue weighted by atomic mass is 9.60. The van der Waals surface area contributed by atoms with Crippen LogP contribution in [0, 0.1) is 0 Å². The van der Waals surface area contributed by atoms with Gasteiger partial charge in [-0.2, -0.15) is 0 Å². The Balaban J connectivity index is 1.13. The van der Waals surface area contributed by atoms with Crippen LogP contribution in [0.5, 0.6) is 0 Å². The van der Waals surface area contributed by atoms with E-state index in [0.29, 0.717) is 17.5 Å². The molecular formula is C57H37N3. The van der Waals surface area contributed by atoms with E-state index in [1.807, 2.05) is 24.3 Å². The molecule has 9 aromatic carbocycles. The van der Waals surface area contributed by atoms with E-state index in [-0.39, 0.29) is 0 Å². The van der Waals surface area contributed by atoms with Crippen LogP contribution in [-0.4, -0.2) is 15.0 Å². The fraction of sp³-hybridized carbons (Fsp3) is 0.0351. The van der Waals surface area contributed by atoms with Crippen LogP contribution in [-0.2, 0) is 11.8 Å². The first kappa shape index (κ1) is 34.3. The van der Waals surface area contributed by atoms with Crippen molar-refractivity contribution in [3.8, 4) is 67.5 Å². The molecule has 0 bridgehead atoms. The van der Waals surface area contributed by atoms with Crippen molar-refractivity contribution < 1.29 is 0 Å². The molecule has 2 aliphatic carbocycles. The number of hydrogen-bond acceptors (Lipinski definition) is 3. The topological polar surface area (TPSA) is 38.7 Å². The van der Waals surface area contributed by atoms with E-state index in [4.69, 9.17) is 15.0 Å². The standard InChI is InChI=1S/C57H37N3/c1-4-17-37(18-5-1)38-31-33-41(34-32-38)55-58-54(40-21-8-3-9-22-40)59-56(60-55)46-27-16-30-52-48(46)35-42-23-10-14-28-50(42)57(52)51-29-15-13-25-44(51)49-36-47(39-19-6-2-7-20-39)43-24-11-12-26-45(43)53(49)57/h1-34,36H,35H2. The van der Waals surface area contributed by atoms with Crippen LogP contribution in [0.15, 0.2) is 212 Å². The predicted molar refractivity (Wildman–Crippen MR) is 245 cm³/mol. The lowest BCUT2D eigenvalue weighted by molar-refractivity contribution is 0.728. The fourth-order valence-electron chi connectivity index (χ4n) is 10.1. The minimum absolute atomic E-state index is 0.577. The summed E-state index contributed by atoms with van der Waals surface area (Å²) < 4.78 is 0. The monoisotopic (exact) mass is 763 g/mol. The summed E-state index contributed by atoms with van der Waals surface area (Å²) >= 11 is 0. The normalized spacial score (nSPS) is 14.7. The van der Waals surface area contributed by atoms with E-state index >= 15 is 0 Å². The van der Waals surface area contributed by atoms with Crippen molar-refractivity contribution in [1.82, 2.24) is 15.0 Å². The summed E-state index contributed by atoms with van der Waals surface area (Å²) in [5.74, 6) is 1.98. The van der Waals surface area contributed by atoms with Crippen molar-refractivity contribution in [3.05, 3.63) is 246 Å². The van der Waals surface area contributed by atoms with Gasteiger partial charge in [-0.1, -0.05) is 206 Å². The van der Waals surface area contributed by atoms with E-state index in [0.717, 1.165) is 28.7 Å². The smallest absolute Gasteiger partial charge is 0.164 e. The highest BCUT2D eigenvalue weighted by Gasteiger charge is 2.51. The highest BCUT2D eigenvalue weighted by molar-refractivity contribution is 6.08. The average Bonchev–Trinajstić information content (AvgIpc) is 3.62. The Kier molecular flexibility index (Phi) is 7.82. The highest BCUT2D eigenvalue weighted by Crippen LogP contribution is 2.62. The molecule has 280 valence electrons. The van der Waals surface area contributed by atoms with Gasteiger partial charge in [0.1, 0.15) is 0 Å². The summed E-state index contributed by atoms with van der Waals surface area (Å²) in [4.78, 5) is 15.8. The third kappa shape index (κ3) is 5.19. The van der Waals surface area contributed by atoms with Crippen LogP contribution in [0.2, 0.25) is 0 Å². The molecule has 0 aliphatic heterocycles. The molecule has 0 fully saturated rings. The van der Waals surface area contributed by atoms with Gasteiger partial charge in [-0.3, -0.25) is 0 Å². The van der Waals surface area contributed by atoms with E-state index in [1.54, 1.807) is 0 Å². The molecule has 3 heteroatoms. The molecule has 2 aliphatic rings. The van der Waals surface area contributed by atoms with Crippen molar-refractivity contribution >= 4 is 10.8 Å². The van der Waals surface area contributed by atoms with Gasteiger partial charge in [0.2, 0.25) is 0 Å². The quantitative estimate of drug-likeness (QED) is 0.175. The van der Waals surface area contributed by atoms with Crippen LogP contribution in [0.4, 0.5) is 0 Å². The van der Waals surface area contributed by atoms with Crippen molar-refractivity contribution in [1.29, 1.82) is 0 Å². The van der Waals surface area contributed by atoms with Crippen molar-refractivity contribution in [3.63, 3.8) is 0 Å². The molecule has 12 rings (SSSR count). The first-order chi connectivity index (χ1) is 29.8. The van der Waals surface area contributed by atoms with E-state index in [9.17, 15) is 0 Å². The summed E-state index contributed by atoms with van der Waals surface area (Å²) in [7, 11) is 0. The molecule has 0 saturated heterocycles. The molecule has 0 N–H and O–H groups in total. The van der Waals surface area contributed by atoms with Crippen LogP contribution in [0.25, 0.3) is 78.3 Å². The van der Waals surface area contributed by atoms with Crippen molar-refractivity contribution in [2.45, 2.75) is 11.8 Å². The zero-order valence-electron chi connectivity index (χ0n) is 32.8. The average molecular weight is 764 g/mol. The summed E-state index contributed by atoms with van der Waals surface area (Å²) in [6, 6.07) is 76.5. The molecule has 1 spiro atoms. The minimum Gasteiger partial charge on any atom is -0.208 e. The van der Waals surface area contributed by atoms with Crippen LogP contribution in [0.1, 0.15) is 33.4 Å². The summed E-state index contributed by atoms with van der Waals surface area (Å²) in [6.45, 7) is 0. The van der Waals surface area contributed by atoms with E-state index in [1.165, 1.54) is 72.0 Å². The Hall–Kier alpha value is -7.75. The minimum atomic E-state index is -0.577. The SMILES string of the molecule is c1ccc(-c2ccc(-c3nc(-c4ccccc4)nc(-c4cccc5c4Cc4ccccc4C54c5ccccc5-c5cc(-c6ccccc6)c6ccccc6c54)n3)cc2)cc1. The molecule has 1 atom stereocenters. The molecule has 3 nitrogen and oxygen atoms in total. The Labute approximate surface area is 349 Å². The number of fused-ring (bicyclic) bond motifs is 11. The third-order valence-corrected chi connectivity index (χ3v) is 12.7. The lowest BCUT2D eigenvalue weighted by Gasteiger charge is -2.41. The zero-order chi connectivity index (χ0) is 39.6. The van der Waals surface area contributed by atoms with Crippen LogP contribution in [0.3, 0.4) is 0 Å². The summed E-state index contributed by atoms with van der Waals surface area (Å²) in [6.07, 6.45) is 0.758.